The predicted octanol–water partition coefficient (Wildman–Crippen LogP) is 1.09. The Balaban J connectivity index is 2.56. The number of carbonyl (C=O) groups excluding carboxylic acids is 3. The molecule has 0 unspecified atom stereocenters. The first-order chi connectivity index (χ1) is 8.93. The smallest absolute Gasteiger partial charge is 0.340 e. The van der Waals surface area contributed by atoms with Gasteiger partial charge in [0.15, 0.2) is 6.61 Å². The molecule has 3 amide bonds. The van der Waals surface area contributed by atoms with Gasteiger partial charge in [-0.3, -0.25) is 10.1 Å². The normalized spacial score (nSPS) is 9.63. The Morgan fingerprint density at radius 2 is 2.05 bits per heavy atom. The molecule has 0 saturated carbocycles. The van der Waals surface area contributed by atoms with Gasteiger partial charge in [-0.25, -0.2) is 14.0 Å². The van der Waals surface area contributed by atoms with Gasteiger partial charge in [0, 0.05) is 7.05 Å². The molecule has 8 heteroatoms. The predicted molar refractivity (Wildman–Crippen MR) is 64.3 cm³/mol. The molecule has 0 saturated heterocycles. The van der Waals surface area contributed by atoms with Crippen LogP contribution in [0.4, 0.5) is 9.18 Å². The summed E-state index contributed by atoms with van der Waals surface area (Å²) >= 11 is 5.64. The average molecular weight is 289 g/mol. The summed E-state index contributed by atoms with van der Waals surface area (Å²) in [6.07, 6.45) is 0. The SMILES string of the molecule is CNC(=O)NC(=O)COC(=O)c1ccc(F)cc1Cl. The van der Waals surface area contributed by atoms with Crippen molar-refractivity contribution in [3.05, 3.63) is 34.6 Å². The highest BCUT2D eigenvalue weighted by atomic mass is 35.5. The molecular formula is C11H10ClFN2O4. The van der Waals surface area contributed by atoms with Crippen molar-refractivity contribution in [3.8, 4) is 0 Å². The van der Waals surface area contributed by atoms with E-state index in [4.69, 9.17) is 11.6 Å². The van der Waals surface area contributed by atoms with E-state index in [0.717, 1.165) is 18.2 Å². The van der Waals surface area contributed by atoms with Crippen molar-refractivity contribution >= 4 is 29.5 Å². The molecule has 2 N–H and O–H groups in total. The second-order valence-corrected chi connectivity index (χ2v) is 3.73. The molecule has 6 nitrogen and oxygen atoms in total. The van der Waals surface area contributed by atoms with E-state index in [-0.39, 0.29) is 10.6 Å². The number of benzene rings is 1. The van der Waals surface area contributed by atoms with Gasteiger partial charge in [-0.1, -0.05) is 11.6 Å². The lowest BCUT2D eigenvalue weighted by Gasteiger charge is -2.06. The lowest BCUT2D eigenvalue weighted by atomic mass is 10.2. The van der Waals surface area contributed by atoms with Crippen LogP contribution in [0.1, 0.15) is 10.4 Å². The molecule has 102 valence electrons. The van der Waals surface area contributed by atoms with Crippen molar-refractivity contribution < 1.29 is 23.5 Å². The molecular weight excluding hydrogens is 279 g/mol. The highest BCUT2D eigenvalue weighted by molar-refractivity contribution is 6.33. The van der Waals surface area contributed by atoms with Crippen LogP contribution in [0.15, 0.2) is 18.2 Å². The third-order valence-electron chi connectivity index (χ3n) is 1.97. The number of ether oxygens (including phenoxy) is 1. The first-order valence-electron chi connectivity index (χ1n) is 5.07. The molecule has 0 atom stereocenters. The second-order valence-electron chi connectivity index (χ2n) is 3.33. The minimum absolute atomic E-state index is 0.0733. The van der Waals surface area contributed by atoms with Gasteiger partial charge in [0.05, 0.1) is 10.6 Å². The standard InChI is InChI=1S/C11H10ClFN2O4/c1-14-11(18)15-9(16)5-19-10(17)7-3-2-6(13)4-8(7)12/h2-4H,5H2,1H3,(H2,14,15,16,18). The van der Waals surface area contributed by atoms with Crippen LogP contribution in [0, 0.1) is 5.82 Å². The third-order valence-corrected chi connectivity index (χ3v) is 2.28. The van der Waals surface area contributed by atoms with E-state index in [1.807, 2.05) is 5.32 Å². The zero-order chi connectivity index (χ0) is 14.4. The molecule has 19 heavy (non-hydrogen) atoms. The Hall–Kier alpha value is -2.15. The first kappa shape index (κ1) is 14.9. The fourth-order valence-corrected chi connectivity index (χ4v) is 1.33. The van der Waals surface area contributed by atoms with Crippen LogP contribution in [0.5, 0.6) is 0 Å². The van der Waals surface area contributed by atoms with Gasteiger partial charge in [0.25, 0.3) is 5.91 Å². The topological polar surface area (TPSA) is 84.5 Å². The van der Waals surface area contributed by atoms with E-state index >= 15 is 0 Å². The quantitative estimate of drug-likeness (QED) is 0.816. The van der Waals surface area contributed by atoms with Crippen LogP contribution in [0.2, 0.25) is 5.02 Å². The summed E-state index contributed by atoms with van der Waals surface area (Å²) < 4.78 is 17.4. The maximum atomic E-state index is 12.8. The molecule has 1 aromatic carbocycles. The fraction of sp³-hybridized carbons (Fsp3) is 0.182. The van der Waals surface area contributed by atoms with Crippen molar-refractivity contribution in [1.29, 1.82) is 0 Å². The van der Waals surface area contributed by atoms with Crippen LogP contribution in [0.25, 0.3) is 0 Å². The molecule has 0 aromatic heterocycles. The summed E-state index contributed by atoms with van der Waals surface area (Å²) in [6.45, 7) is -0.653. The fourth-order valence-electron chi connectivity index (χ4n) is 1.09. The Bertz CT molecular complexity index is 521. The van der Waals surface area contributed by atoms with E-state index in [2.05, 4.69) is 10.1 Å². The van der Waals surface area contributed by atoms with Gasteiger partial charge < -0.3 is 10.1 Å². The Morgan fingerprint density at radius 3 is 2.63 bits per heavy atom. The van der Waals surface area contributed by atoms with E-state index in [1.165, 1.54) is 7.05 Å². The number of esters is 1. The molecule has 0 aliphatic carbocycles. The number of halogens is 2. The van der Waals surface area contributed by atoms with Crippen LogP contribution < -0.4 is 10.6 Å². The van der Waals surface area contributed by atoms with Crippen molar-refractivity contribution in [2.45, 2.75) is 0 Å². The van der Waals surface area contributed by atoms with Crippen LogP contribution in [0.3, 0.4) is 0 Å². The summed E-state index contributed by atoms with van der Waals surface area (Å²) in [4.78, 5) is 33.5. The number of urea groups is 1. The van der Waals surface area contributed by atoms with Gasteiger partial charge in [-0.15, -0.1) is 0 Å². The molecule has 1 rings (SSSR count). The van der Waals surface area contributed by atoms with E-state index < -0.39 is 30.3 Å². The lowest BCUT2D eigenvalue weighted by Crippen LogP contribution is -2.39. The molecule has 0 fully saturated rings. The maximum Gasteiger partial charge on any atom is 0.340 e. The monoisotopic (exact) mass is 288 g/mol. The zero-order valence-corrected chi connectivity index (χ0v) is 10.6. The minimum atomic E-state index is -0.892. The highest BCUT2D eigenvalue weighted by Crippen LogP contribution is 2.17. The summed E-state index contributed by atoms with van der Waals surface area (Å²) in [5, 5.41) is 3.93. The largest absolute Gasteiger partial charge is 0.452 e. The maximum absolute atomic E-state index is 12.8. The Labute approximate surface area is 112 Å². The van der Waals surface area contributed by atoms with Gasteiger partial charge in [0.2, 0.25) is 0 Å². The first-order valence-corrected chi connectivity index (χ1v) is 5.45. The molecule has 0 heterocycles. The van der Waals surface area contributed by atoms with E-state index in [0.29, 0.717) is 0 Å². The number of hydrogen-bond acceptors (Lipinski definition) is 4. The Morgan fingerprint density at radius 1 is 1.37 bits per heavy atom. The summed E-state index contributed by atoms with van der Waals surface area (Å²) in [5.74, 6) is -2.29. The molecule has 0 radical (unpaired) electrons. The molecule has 0 spiro atoms. The third kappa shape index (κ3) is 4.55. The average Bonchev–Trinajstić information content (AvgIpc) is 2.35. The van der Waals surface area contributed by atoms with Crippen LogP contribution in [-0.2, 0) is 9.53 Å². The van der Waals surface area contributed by atoms with Crippen molar-refractivity contribution in [1.82, 2.24) is 10.6 Å². The number of carbonyl (C=O) groups is 3. The summed E-state index contributed by atoms with van der Waals surface area (Å²) in [7, 11) is 1.33. The number of nitrogens with one attached hydrogen (secondary N) is 2. The minimum Gasteiger partial charge on any atom is -0.452 e. The molecule has 0 bridgehead atoms. The van der Waals surface area contributed by atoms with Crippen LogP contribution >= 0.6 is 11.6 Å². The van der Waals surface area contributed by atoms with Gasteiger partial charge >= 0.3 is 12.0 Å². The lowest BCUT2D eigenvalue weighted by molar-refractivity contribution is -0.123. The van der Waals surface area contributed by atoms with Gasteiger partial charge in [-0.05, 0) is 18.2 Å². The zero-order valence-electron chi connectivity index (χ0n) is 9.83. The second kappa shape index (κ2) is 6.69. The van der Waals surface area contributed by atoms with Gasteiger partial charge in [0.1, 0.15) is 5.82 Å². The van der Waals surface area contributed by atoms with Crippen molar-refractivity contribution in [2.75, 3.05) is 13.7 Å². The molecule has 0 aliphatic rings. The summed E-state index contributed by atoms with van der Waals surface area (Å²) in [6, 6.07) is 2.40. The van der Waals surface area contributed by atoms with Gasteiger partial charge in [-0.2, -0.15) is 0 Å². The van der Waals surface area contributed by atoms with E-state index in [9.17, 15) is 18.8 Å². The van der Waals surface area contributed by atoms with Crippen LogP contribution in [-0.4, -0.2) is 31.6 Å². The Kier molecular flexibility index (Phi) is 5.25. The number of hydrogen-bond donors (Lipinski definition) is 2. The van der Waals surface area contributed by atoms with Crippen molar-refractivity contribution in [3.63, 3.8) is 0 Å². The number of rotatable bonds is 3. The molecule has 0 aliphatic heterocycles. The van der Waals surface area contributed by atoms with E-state index in [1.54, 1.807) is 0 Å². The summed E-state index contributed by atoms with van der Waals surface area (Å²) in [5.41, 5.74) is -0.0733. The number of amides is 3. The van der Waals surface area contributed by atoms with Crippen molar-refractivity contribution in [2.24, 2.45) is 0 Å². The molecule has 1 aromatic rings. The number of imide groups is 1. The highest BCUT2D eigenvalue weighted by Gasteiger charge is 2.15.